The van der Waals surface area contributed by atoms with E-state index < -0.39 is 35.8 Å². The van der Waals surface area contributed by atoms with Crippen LogP contribution >= 0.6 is 0 Å². The zero-order chi connectivity index (χ0) is 30.8. The smallest absolute Gasteiger partial charge is 0.346 e. The number of esters is 6. The maximum absolute atomic E-state index is 12.5. The molecule has 2 aliphatic heterocycles. The fourth-order valence-electron chi connectivity index (χ4n) is 4.28. The highest BCUT2D eigenvalue weighted by atomic mass is 16.6. The molecule has 6 rings (SSSR count). The molecule has 0 saturated heterocycles. The Morgan fingerprint density at radius 2 is 0.795 bits per heavy atom. The second kappa shape index (κ2) is 11.5. The fraction of sp³-hybridized carbons (Fsp3) is 0.0625. The van der Waals surface area contributed by atoms with Crippen LogP contribution in [0.4, 0.5) is 0 Å². The van der Waals surface area contributed by atoms with Crippen molar-refractivity contribution >= 4 is 35.8 Å². The van der Waals surface area contributed by atoms with Crippen molar-refractivity contribution < 1.29 is 57.2 Å². The number of benzene rings is 4. The van der Waals surface area contributed by atoms with Crippen molar-refractivity contribution in [2.75, 3.05) is 13.2 Å². The molecule has 0 atom stereocenters. The largest absolute Gasteiger partial charge is 0.490 e. The highest BCUT2D eigenvalue weighted by Gasteiger charge is 2.31. The molecule has 0 radical (unpaired) electrons. The van der Waals surface area contributed by atoms with Gasteiger partial charge in [0.2, 0.25) is 0 Å². The molecule has 2 aliphatic rings. The van der Waals surface area contributed by atoms with Crippen LogP contribution in [0.25, 0.3) is 0 Å². The molecule has 4 aromatic rings. The van der Waals surface area contributed by atoms with Crippen molar-refractivity contribution in [3.8, 4) is 23.0 Å². The number of carbonyl (C=O) groups excluding carboxylic acids is 6. The average Bonchev–Trinajstić information content (AvgIpc) is 3.48. The third-order valence-electron chi connectivity index (χ3n) is 6.45. The lowest BCUT2D eigenvalue weighted by Gasteiger charge is -2.10. The Labute approximate surface area is 247 Å². The number of hydrogen-bond acceptors (Lipinski definition) is 12. The molecule has 0 saturated carbocycles. The van der Waals surface area contributed by atoms with Gasteiger partial charge in [0.1, 0.15) is 36.2 Å². The topological polar surface area (TPSA) is 158 Å². The fourth-order valence-corrected chi connectivity index (χ4v) is 4.28. The Bertz CT molecular complexity index is 1720. The van der Waals surface area contributed by atoms with E-state index in [2.05, 4.69) is 9.47 Å². The van der Waals surface area contributed by atoms with Crippen LogP contribution in [0.15, 0.2) is 84.9 Å². The van der Waals surface area contributed by atoms with Crippen LogP contribution in [0.1, 0.15) is 62.1 Å². The first kappa shape index (κ1) is 27.8. The van der Waals surface area contributed by atoms with Gasteiger partial charge in [-0.25, -0.2) is 28.8 Å². The molecule has 12 nitrogen and oxygen atoms in total. The summed E-state index contributed by atoms with van der Waals surface area (Å²) in [5, 5.41) is 0. The molecule has 0 aliphatic carbocycles. The monoisotopic (exact) mass is 594 g/mol. The van der Waals surface area contributed by atoms with Gasteiger partial charge in [-0.2, -0.15) is 0 Å². The summed E-state index contributed by atoms with van der Waals surface area (Å²) in [6.07, 6.45) is 0. The summed E-state index contributed by atoms with van der Waals surface area (Å²) in [4.78, 5) is 71.5. The minimum Gasteiger partial charge on any atom is -0.490 e. The summed E-state index contributed by atoms with van der Waals surface area (Å²) in [5.74, 6) is -3.08. The lowest BCUT2D eigenvalue weighted by atomic mass is 10.1. The van der Waals surface area contributed by atoms with Crippen molar-refractivity contribution in [3.63, 3.8) is 0 Å². The van der Waals surface area contributed by atoms with E-state index in [0.29, 0.717) is 11.5 Å². The van der Waals surface area contributed by atoms with Gasteiger partial charge in [-0.05, 0) is 84.9 Å². The molecular weight excluding hydrogens is 576 g/mol. The van der Waals surface area contributed by atoms with Crippen molar-refractivity contribution in [2.45, 2.75) is 0 Å². The molecule has 4 aromatic carbocycles. The van der Waals surface area contributed by atoms with Crippen molar-refractivity contribution in [3.05, 3.63) is 118 Å². The number of rotatable bonds is 9. The van der Waals surface area contributed by atoms with Gasteiger partial charge in [-0.3, -0.25) is 0 Å². The molecule has 0 aromatic heterocycles. The van der Waals surface area contributed by atoms with Gasteiger partial charge in [-0.15, -0.1) is 0 Å². The van der Waals surface area contributed by atoms with Gasteiger partial charge in [-0.1, -0.05) is 0 Å². The second-order valence-corrected chi connectivity index (χ2v) is 9.29. The Morgan fingerprint density at radius 3 is 1.18 bits per heavy atom. The van der Waals surface area contributed by atoms with Gasteiger partial charge in [0.25, 0.3) is 0 Å². The van der Waals surface area contributed by atoms with E-state index in [4.69, 9.17) is 18.9 Å². The molecule has 0 N–H and O–H groups in total. The molecule has 12 heteroatoms. The summed E-state index contributed by atoms with van der Waals surface area (Å²) in [6, 6.07) is 20.5. The van der Waals surface area contributed by atoms with Crippen LogP contribution in [0.3, 0.4) is 0 Å². The van der Waals surface area contributed by atoms with Gasteiger partial charge < -0.3 is 28.4 Å². The van der Waals surface area contributed by atoms with Crippen LogP contribution < -0.4 is 18.9 Å². The lowest BCUT2D eigenvalue weighted by molar-refractivity contribution is 0.0425. The first-order valence-corrected chi connectivity index (χ1v) is 13.0. The molecular formula is C32H18O12. The highest BCUT2D eigenvalue weighted by molar-refractivity contribution is 6.16. The Kier molecular flexibility index (Phi) is 7.30. The third kappa shape index (κ3) is 5.72. The van der Waals surface area contributed by atoms with E-state index in [-0.39, 0.29) is 58.1 Å². The average molecular weight is 594 g/mol. The number of hydrogen-bond donors (Lipinski definition) is 0. The van der Waals surface area contributed by atoms with Gasteiger partial charge in [0.05, 0.1) is 33.4 Å². The van der Waals surface area contributed by atoms with Crippen LogP contribution in [-0.4, -0.2) is 49.0 Å². The summed E-state index contributed by atoms with van der Waals surface area (Å²) < 4.78 is 31.0. The quantitative estimate of drug-likeness (QED) is 0.118. The van der Waals surface area contributed by atoms with Gasteiger partial charge in [0.15, 0.2) is 0 Å². The van der Waals surface area contributed by atoms with E-state index in [0.717, 1.165) is 0 Å². The number of carbonyl (C=O) groups is 6. The number of cyclic esters (lactones) is 4. The normalized spacial score (nSPS) is 13.0. The zero-order valence-electron chi connectivity index (χ0n) is 22.4. The Hall–Kier alpha value is -6.30. The molecule has 44 heavy (non-hydrogen) atoms. The maximum atomic E-state index is 12.5. The summed E-state index contributed by atoms with van der Waals surface area (Å²) in [7, 11) is 0. The predicted octanol–water partition coefficient (Wildman–Crippen LogP) is 4.20. The van der Waals surface area contributed by atoms with Crippen molar-refractivity contribution in [1.82, 2.24) is 0 Å². The second-order valence-electron chi connectivity index (χ2n) is 9.29. The van der Waals surface area contributed by atoms with Crippen LogP contribution in [-0.2, 0) is 9.47 Å². The molecule has 2 heterocycles. The van der Waals surface area contributed by atoms with Gasteiger partial charge in [0, 0.05) is 0 Å². The molecule has 0 fully saturated rings. The highest BCUT2D eigenvalue weighted by Crippen LogP contribution is 2.25. The van der Waals surface area contributed by atoms with E-state index in [9.17, 15) is 28.8 Å². The van der Waals surface area contributed by atoms with Crippen LogP contribution in [0.2, 0.25) is 0 Å². The van der Waals surface area contributed by atoms with E-state index in [1.165, 1.54) is 60.7 Å². The zero-order valence-corrected chi connectivity index (χ0v) is 22.4. The van der Waals surface area contributed by atoms with Gasteiger partial charge >= 0.3 is 35.8 Å². The Morgan fingerprint density at radius 1 is 0.455 bits per heavy atom. The maximum Gasteiger partial charge on any atom is 0.346 e. The number of ether oxygens (including phenoxy) is 6. The standard InChI is InChI=1S/C32H18O12/c33-27(17-1-11-23-25(15-17)31(37)43-29(23)35)41-21-7-3-19(4-8-21)39-13-14-40-20-5-9-22(10-6-20)42-28(34)18-2-12-24-26(16-18)32(38)44-30(24)36/h1-12,15-16H,13-14H2. The predicted molar refractivity (Wildman–Crippen MR) is 146 cm³/mol. The lowest BCUT2D eigenvalue weighted by Crippen LogP contribution is -2.11. The minimum atomic E-state index is -0.813. The summed E-state index contributed by atoms with van der Waals surface area (Å²) in [6.45, 7) is 0.395. The first-order chi connectivity index (χ1) is 21.2. The first-order valence-electron chi connectivity index (χ1n) is 13.0. The summed E-state index contributed by atoms with van der Waals surface area (Å²) >= 11 is 0. The molecule has 218 valence electrons. The summed E-state index contributed by atoms with van der Waals surface area (Å²) in [5.41, 5.74) is 0.390. The van der Waals surface area contributed by atoms with Crippen LogP contribution in [0.5, 0.6) is 23.0 Å². The molecule has 0 bridgehead atoms. The molecule has 0 spiro atoms. The molecule has 0 unspecified atom stereocenters. The molecule has 0 amide bonds. The van der Waals surface area contributed by atoms with Crippen LogP contribution in [0, 0.1) is 0 Å². The van der Waals surface area contributed by atoms with Crippen molar-refractivity contribution in [1.29, 1.82) is 0 Å². The van der Waals surface area contributed by atoms with E-state index in [1.807, 2.05) is 0 Å². The Balaban J connectivity index is 0.947. The third-order valence-corrected chi connectivity index (χ3v) is 6.45. The SMILES string of the molecule is O=C(Oc1ccc(OCCOc2ccc(OC(=O)c3ccc4c(c3)C(=O)OC4=O)cc2)cc1)c1ccc2c(c1)C(=O)OC2=O. The van der Waals surface area contributed by atoms with E-state index in [1.54, 1.807) is 24.3 Å². The number of fused-ring (bicyclic) bond motifs is 2. The minimum absolute atomic E-state index is 0.0108. The van der Waals surface area contributed by atoms with Crippen molar-refractivity contribution in [2.24, 2.45) is 0 Å². The van der Waals surface area contributed by atoms with E-state index >= 15 is 0 Å².